The molecule has 0 unspecified atom stereocenters. The molecule has 0 aliphatic rings. The number of hydrogen-bond acceptors (Lipinski definition) is 5. The van der Waals surface area contributed by atoms with E-state index in [1.165, 1.54) is 5.56 Å². The monoisotopic (exact) mass is 412 g/mol. The number of carbonyl (C=O) groups excluding carboxylic acids is 1. The molecule has 3 aromatic rings. The van der Waals surface area contributed by atoms with Crippen molar-refractivity contribution >= 4 is 18.1 Å². The van der Waals surface area contributed by atoms with Crippen molar-refractivity contribution in [2.45, 2.75) is 19.4 Å². The first-order chi connectivity index (χ1) is 14.1. The fourth-order valence-electron chi connectivity index (χ4n) is 2.94. The van der Waals surface area contributed by atoms with Gasteiger partial charge < -0.3 is 14.8 Å². The van der Waals surface area contributed by atoms with E-state index in [1.54, 1.807) is 18.8 Å². The van der Waals surface area contributed by atoms with Crippen LogP contribution in [0.5, 0.6) is 11.5 Å². The minimum atomic E-state index is -0.105. The lowest BCUT2D eigenvalue weighted by Gasteiger charge is -2.09. The van der Waals surface area contributed by atoms with Crippen LogP contribution >= 0.6 is 12.2 Å². The predicted octanol–water partition coefficient (Wildman–Crippen LogP) is 3.37. The van der Waals surface area contributed by atoms with Gasteiger partial charge in [-0.25, -0.2) is 0 Å². The van der Waals surface area contributed by atoms with Crippen LogP contribution in [0.3, 0.4) is 0 Å². The second-order valence-corrected chi connectivity index (χ2v) is 6.86. The first kappa shape index (κ1) is 20.6. The maximum atomic E-state index is 12.4. The molecule has 0 aliphatic heterocycles. The zero-order valence-corrected chi connectivity index (χ0v) is 17.3. The van der Waals surface area contributed by atoms with E-state index in [2.05, 4.69) is 15.5 Å². The van der Waals surface area contributed by atoms with Crippen molar-refractivity contribution < 1.29 is 14.3 Å². The van der Waals surface area contributed by atoms with Crippen LogP contribution in [0.4, 0.5) is 0 Å². The van der Waals surface area contributed by atoms with Crippen molar-refractivity contribution in [3.05, 3.63) is 58.9 Å². The molecule has 1 aromatic heterocycles. The van der Waals surface area contributed by atoms with E-state index in [4.69, 9.17) is 21.7 Å². The number of rotatable bonds is 9. The van der Waals surface area contributed by atoms with Crippen LogP contribution in [0.25, 0.3) is 11.4 Å². The molecule has 0 saturated carbocycles. The Morgan fingerprint density at radius 1 is 1.07 bits per heavy atom. The third-order valence-electron chi connectivity index (χ3n) is 4.53. The lowest BCUT2D eigenvalue weighted by molar-refractivity contribution is -0.121. The molecule has 7 nitrogen and oxygen atoms in total. The second-order valence-electron chi connectivity index (χ2n) is 6.47. The normalized spacial score (nSPS) is 10.6. The summed E-state index contributed by atoms with van der Waals surface area (Å²) < 4.78 is 12.4. The lowest BCUT2D eigenvalue weighted by atomic mass is 10.1. The Kier molecular flexibility index (Phi) is 7.02. The van der Waals surface area contributed by atoms with Gasteiger partial charge in [-0.2, -0.15) is 5.10 Å². The van der Waals surface area contributed by atoms with Crippen molar-refractivity contribution in [3.63, 3.8) is 0 Å². The van der Waals surface area contributed by atoms with Crippen molar-refractivity contribution in [1.29, 1.82) is 0 Å². The fourth-order valence-corrected chi connectivity index (χ4v) is 3.13. The molecule has 3 rings (SSSR count). The summed E-state index contributed by atoms with van der Waals surface area (Å²) in [6.45, 7) is 0.702. The van der Waals surface area contributed by atoms with Gasteiger partial charge in [-0.15, -0.1) is 0 Å². The highest BCUT2D eigenvalue weighted by Gasteiger charge is 2.12. The number of nitrogens with one attached hydrogen (secondary N) is 2. The third-order valence-corrected chi connectivity index (χ3v) is 4.84. The summed E-state index contributed by atoms with van der Waals surface area (Å²) in [5.74, 6) is 2.11. The van der Waals surface area contributed by atoms with E-state index in [9.17, 15) is 4.79 Å². The number of aromatic nitrogens is 3. The number of hydrogen-bond donors (Lipinski definition) is 2. The lowest BCUT2D eigenvalue weighted by Crippen LogP contribution is -2.29. The van der Waals surface area contributed by atoms with Crippen LogP contribution in [0.15, 0.2) is 48.5 Å². The number of carbonyl (C=O) groups is 1. The number of benzene rings is 2. The van der Waals surface area contributed by atoms with Crippen LogP contribution in [-0.2, 0) is 17.8 Å². The van der Waals surface area contributed by atoms with Gasteiger partial charge in [0.05, 0.1) is 14.2 Å². The molecule has 2 N–H and O–H groups in total. The molecular formula is C21H24N4O3S. The van der Waals surface area contributed by atoms with Crippen LogP contribution in [-0.4, -0.2) is 41.4 Å². The Morgan fingerprint density at radius 3 is 2.31 bits per heavy atom. The van der Waals surface area contributed by atoms with E-state index in [-0.39, 0.29) is 12.5 Å². The van der Waals surface area contributed by atoms with Crippen LogP contribution in [0, 0.1) is 4.77 Å². The fraction of sp³-hybridized carbons (Fsp3) is 0.286. The Labute approximate surface area is 174 Å². The summed E-state index contributed by atoms with van der Waals surface area (Å²) in [5, 5.41) is 9.97. The molecule has 0 bridgehead atoms. The maximum Gasteiger partial charge on any atom is 0.240 e. The Bertz CT molecular complexity index is 994. The number of nitrogens with zero attached hydrogens (tertiary/aromatic N) is 2. The molecule has 8 heteroatoms. The highest BCUT2D eigenvalue weighted by Crippen LogP contribution is 2.20. The maximum absolute atomic E-state index is 12.4. The number of H-pyrrole nitrogens is 1. The molecular weight excluding hydrogens is 388 g/mol. The van der Waals surface area contributed by atoms with Gasteiger partial charge in [0.15, 0.2) is 10.6 Å². The summed E-state index contributed by atoms with van der Waals surface area (Å²) in [5.41, 5.74) is 2.06. The molecule has 0 saturated heterocycles. The van der Waals surface area contributed by atoms with Crippen LogP contribution < -0.4 is 14.8 Å². The molecule has 1 heterocycles. The van der Waals surface area contributed by atoms with Gasteiger partial charge in [0.2, 0.25) is 5.91 Å². The second kappa shape index (κ2) is 9.88. The Morgan fingerprint density at radius 2 is 1.69 bits per heavy atom. The Balaban J connectivity index is 1.53. The van der Waals surface area contributed by atoms with Gasteiger partial charge >= 0.3 is 0 Å². The third kappa shape index (κ3) is 5.45. The van der Waals surface area contributed by atoms with Gasteiger partial charge in [-0.1, -0.05) is 12.1 Å². The number of aromatic amines is 1. The summed E-state index contributed by atoms with van der Waals surface area (Å²) in [6, 6.07) is 15.4. The summed E-state index contributed by atoms with van der Waals surface area (Å²) >= 11 is 5.29. The number of methoxy groups -OCH3 is 2. The van der Waals surface area contributed by atoms with Crippen molar-refractivity contribution in [3.8, 4) is 22.9 Å². The predicted molar refractivity (Wildman–Crippen MR) is 114 cm³/mol. The van der Waals surface area contributed by atoms with Gasteiger partial charge in [0.1, 0.15) is 18.0 Å². The van der Waals surface area contributed by atoms with E-state index in [0.717, 1.165) is 29.9 Å². The summed E-state index contributed by atoms with van der Waals surface area (Å²) in [4.78, 5) is 12.4. The van der Waals surface area contributed by atoms with Gasteiger partial charge in [-0.05, 0) is 67.0 Å². The molecule has 1 amide bonds. The molecule has 0 radical (unpaired) electrons. The molecule has 0 aliphatic carbocycles. The number of ether oxygens (including phenoxy) is 2. The minimum Gasteiger partial charge on any atom is -0.497 e. The van der Waals surface area contributed by atoms with E-state index < -0.39 is 0 Å². The van der Waals surface area contributed by atoms with Crippen LogP contribution in [0.1, 0.15) is 12.0 Å². The smallest absolute Gasteiger partial charge is 0.240 e. The molecule has 0 spiro atoms. The molecule has 0 fully saturated rings. The SMILES string of the molecule is COc1ccc(CCCNC(=O)Cn2c(-c3ccc(OC)cc3)n[nH]c2=S)cc1. The quantitative estimate of drug-likeness (QED) is 0.416. The molecule has 2 aromatic carbocycles. The van der Waals surface area contributed by atoms with Crippen molar-refractivity contribution in [2.24, 2.45) is 0 Å². The van der Waals surface area contributed by atoms with Gasteiger partial charge in [0.25, 0.3) is 0 Å². The topological polar surface area (TPSA) is 81.2 Å². The van der Waals surface area contributed by atoms with E-state index in [0.29, 0.717) is 17.1 Å². The standard InChI is InChI=1S/C21H24N4O3S/c1-27-17-9-5-15(6-10-17)4-3-13-22-19(26)14-25-20(23-24-21(25)29)16-7-11-18(28-2)12-8-16/h5-12H,3-4,13-14H2,1-2H3,(H,22,26)(H,24,29). The highest BCUT2D eigenvalue weighted by molar-refractivity contribution is 7.71. The average molecular weight is 413 g/mol. The van der Waals surface area contributed by atoms with E-state index in [1.807, 2.05) is 48.5 Å². The van der Waals surface area contributed by atoms with Crippen LogP contribution in [0.2, 0.25) is 0 Å². The first-order valence-electron chi connectivity index (χ1n) is 9.30. The minimum absolute atomic E-state index is 0.105. The highest BCUT2D eigenvalue weighted by atomic mass is 32.1. The van der Waals surface area contributed by atoms with Gasteiger partial charge in [-0.3, -0.25) is 14.5 Å². The van der Waals surface area contributed by atoms with Crippen molar-refractivity contribution in [2.75, 3.05) is 20.8 Å². The summed E-state index contributed by atoms with van der Waals surface area (Å²) in [6.07, 6.45) is 1.73. The number of amides is 1. The Hall–Kier alpha value is -3.13. The average Bonchev–Trinajstić information content (AvgIpc) is 3.12. The zero-order chi connectivity index (χ0) is 20.6. The summed E-state index contributed by atoms with van der Waals surface area (Å²) in [7, 11) is 3.26. The largest absolute Gasteiger partial charge is 0.497 e. The van der Waals surface area contributed by atoms with Gasteiger partial charge in [0, 0.05) is 12.1 Å². The molecule has 0 atom stereocenters. The number of aryl methyl sites for hydroxylation is 1. The zero-order valence-electron chi connectivity index (χ0n) is 16.5. The van der Waals surface area contributed by atoms with Crippen molar-refractivity contribution in [1.82, 2.24) is 20.1 Å². The molecule has 29 heavy (non-hydrogen) atoms. The first-order valence-corrected chi connectivity index (χ1v) is 9.71. The van der Waals surface area contributed by atoms with E-state index >= 15 is 0 Å². The molecule has 152 valence electrons.